The number of aliphatic hydroxyl groups excluding tert-OH is 1. The fourth-order valence-corrected chi connectivity index (χ4v) is 3.32. The monoisotopic (exact) mass is 407 g/mol. The molecular formula is C19H19Cl2N3O3. The molecular weight excluding hydrogens is 389 g/mol. The number of likely N-dealkylation sites (tertiary alicyclic amines) is 1. The highest BCUT2D eigenvalue weighted by Gasteiger charge is 2.34. The third-order valence-corrected chi connectivity index (χ3v) is 5.25. The van der Waals surface area contributed by atoms with Crippen LogP contribution in [0.2, 0.25) is 10.0 Å². The maximum atomic E-state index is 12.9. The van der Waals surface area contributed by atoms with E-state index in [0.717, 1.165) is 12.8 Å². The van der Waals surface area contributed by atoms with Gasteiger partial charge in [0.05, 0.1) is 10.0 Å². The second kappa shape index (κ2) is 8.69. The molecule has 0 aliphatic carbocycles. The van der Waals surface area contributed by atoms with Crippen LogP contribution in [-0.4, -0.2) is 45.9 Å². The van der Waals surface area contributed by atoms with Crippen LogP contribution in [0.5, 0.6) is 0 Å². The summed E-state index contributed by atoms with van der Waals surface area (Å²) in [6.45, 7) is 1.22. The Labute approximate surface area is 167 Å². The summed E-state index contributed by atoms with van der Waals surface area (Å²) in [6.07, 6.45) is 3.66. The van der Waals surface area contributed by atoms with Crippen molar-refractivity contribution in [3.63, 3.8) is 0 Å². The Morgan fingerprint density at radius 3 is 2.37 bits per heavy atom. The van der Waals surface area contributed by atoms with Gasteiger partial charge in [-0.1, -0.05) is 23.2 Å². The fraction of sp³-hybridized carbons (Fsp3) is 0.316. The van der Waals surface area contributed by atoms with E-state index < -0.39 is 18.1 Å². The first-order valence-electron chi connectivity index (χ1n) is 8.60. The highest BCUT2D eigenvalue weighted by Crippen LogP contribution is 2.24. The summed E-state index contributed by atoms with van der Waals surface area (Å²) in [4.78, 5) is 31.2. The minimum absolute atomic E-state index is 0.237. The highest BCUT2D eigenvalue weighted by molar-refractivity contribution is 6.42. The summed E-state index contributed by atoms with van der Waals surface area (Å²) in [7, 11) is 0. The Morgan fingerprint density at radius 1 is 1.07 bits per heavy atom. The first kappa shape index (κ1) is 19.6. The van der Waals surface area contributed by atoms with Crippen LogP contribution in [0.4, 0.5) is 0 Å². The molecule has 1 aromatic heterocycles. The molecule has 0 radical (unpaired) electrons. The van der Waals surface area contributed by atoms with E-state index in [4.69, 9.17) is 23.2 Å². The molecule has 2 heterocycles. The molecule has 0 bridgehead atoms. The molecule has 6 nitrogen and oxygen atoms in total. The summed E-state index contributed by atoms with van der Waals surface area (Å²) in [6, 6.07) is 6.55. The number of aromatic nitrogens is 1. The van der Waals surface area contributed by atoms with Gasteiger partial charge in [-0.3, -0.25) is 14.6 Å². The van der Waals surface area contributed by atoms with Crippen LogP contribution < -0.4 is 5.32 Å². The summed E-state index contributed by atoms with van der Waals surface area (Å²) in [5.74, 6) is -0.829. The van der Waals surface area contributed by atoms with Crippen molar-refractivity contribution in [1.29, 1.82) is 0 Å². The number of benzene rings is 1. The second-order valence-corrected chi connectivity index (χ2v) is 7.15. The zero-order chi connectivity index (χ0) is 19.4. The molecule has 3 rings (SSSR count). The van der Waals surface area contributed by atoms with E-state index in [1.54, 1.807) is 17.0 Å². The van der Waals surface area contributed by atoms with Crippen molar-refractivity contribution in [3.05, 3.63) is 63.9 Å². The van der Waals surface area contributed by atoms with E-state index in [-0.39, 0.29) is 16.5 Å². The maximum Gasteiger partial charge on any atom is 0.252 e. The van der Waals surface area contributed by atoms with E-state index in [9.17, 15) is 14.7 Å². The van der Waals surface area contributed by atoms with Crippen LogP contribution in [0.25, 0.3) is 0 Å². The van der Waals surface area contributed by atoms with Gasteiger partial charge in [-0.2, -0.15) is 0 Å². The van der Waals surface area contributed by atoms with Crippen molar-refractivity contribution < 1.29 is 14.7 Å². The van der Waals surface area contributed by atoms with E-state index in [2.05, 4.69) is 10.3 Å². The summed E-state index contributed by atoms with van der Waals surface area (Å²) in [5.41, 5.74) is 0.752. The number of nitrogens with one attached hydrogen (secondary N) is 1. The van der Waals surface area contributed by atoms with Gasteiger partial charge >= 0.3 is 0 Å². The third kappa shape index (κ3) is 4.58. The topological polar surface area (TPSA) is 82.5 Å². The third-order valence-electron chi connectivity index (χ3n) is 4.52. The maximum absolute atomic E-state index is 12.9. The fourth-order valence-electron chi connectivity index (χ4n) is 3.02. The Bertz CT molecular complexity index is 826. The van der Waals surface area contributed by atoms with Crippen molar-refractivity contribution in [2.24, 2.45) is 0 Å². The van der Waals surface area contributed by atoms with Gasteiger partial charge in [-0.05, 0) is 48.7 Å². The summed E-state index contributed by atoms with van der Waals surface area (Å²) in [5, 5.41) is 14.0. The number of hydrogen-bond acceptors (Lipinski definition) is 4. The molecule has 1 aliphatic rings. The highest BCUT2D eigenvalue weighted by atomic mass is 35.5. The number of rotatable bonds is 5. The molecule has 1 saturated heterocycles. The lowest BCUT2D eigenvalue weighted by Crippen LogP contribution is -2.51. The molecule has 2 atom stereocenters. The molecule has 1 fully saturated rings. The molecule has 142 valence electrons. The minimum Gasteiger partial charge on any atom is -0.386 e. The molecule has 1 aromatic carbocycles. The van der Waals surface area contributed by atoms with E-state index in [1.165, 1.54) is 30.6 Å². The number of nitrogens with zero attached hydrogens (tertiary/aromatic N) is 2. The predicted octanol–water partition coefficient (Wildman–Crippen LogP) is 2.84. The number of amides is 2. The molecule has 8 heteroatoms. The van der Waals surface area contributed by atoms with E-state index in [0.29, 0.717) is 23.7 Å². The standard InChI is InChI=1S/C19H19Cl2N3O3/c20-14-4-3-13(11-15(14)21)18(26)23-16(19(27)24-9-1-2-10-24)17(25)12-5-7-22-8-6-12/h3-8,11,16-17,25H,1-2,9-10H2,(H,23,26)/t16-,17+/m1/s1. The van der Waals surface area contributed by atoms with Crippen molar-refractivity contribution in [1.82, 2.24) is 15.2 Å². The Hall–Kier alpha value is -2.15. The number of carbonyl (C=O) groups is 2. The SMILES string of the molecule is O=C(N[C@@H](C(=O)N1CCCC1)[C@@H](O)c1ccncc1)c1ccc(Cl)c(Cl)c1. The van der Waals surface area contributed by atoms with E-state index >= 15 is 0 Å². The van der Waals surface area contributed by atoms with Crippen LogP contribution >= 0.6 is 23.2 Å². The van der Waals surface area contributed by atoms with Crippen LogP contribution in [0.3, 0.4) is 0 Å². The molecule has 0 spiro atoms. The zero-order valence-electron chi connectivity index (χ0n) is 14.4. The number of halogens is 2. The first-order valence-corrected chi connectivity index (χ1v) is 9.35. The molecule has 0 saturated carbocycles. The van der Waals surface area contributed by atoms with Crippen LogP contribution in [0, 0.1) is 0 Å². The lowest BCUT2D eigenvalue weighted by Gasteiger charge is -2.28. The van der Waals surface area contributed by atoms with Crippen molar-refractivity contribution >= 4 is 35.0 Å². The van der Waals surface area contributed by atoms with Crippen molar-refractivity contribution in [3.8, 4) is 0 Å². The minimum atomic E-state index is -1.20. The Balaban J connectivity index is 1.85. The normalized spacial score (nSPS) is 16.0. The van der Waals surface area contributed by atoms with Gasteiger partial charge in [0.15, 0.2) is 0 Å². The van der Waals surface area contributed by atoms with Gasteiger partial charge in [0, 0.05) is 31.0 Å². The molecule has 1 aliphatic heterocycles. The van der Waals surface area contributed by atoms with Crippen LogP contribution in [-0.2, 0) is 4.79 Å². The molecule has 2 amide bonds. The Morgan fingerprint density at radius 2 is 1.74 bits per heavy atom. The van der Waals surface area contributed by atoms with Gasteiger partial charge in [-0.15, -0.1) is 0 Å². The largest absolute Gasteiger partial charge is 0.386 e. The zero-order valence-corrected chi connectivity index (χ0v) is 16.0. The Kier molecular flexibility index (Phi) is 6.31. The van der Waals surface area contributed by atoms with Gasteiger partial charge in [0.1, 0.15) is 12.1 Å². The number of hydrogen-bond donors (Lipinski definition) is 2. The lowest BCUT2D eigenvalue weighted by molar-refractivity contribution is -0.135. The van der Waals surface area contributed by atoms with Gasteiger partial charge < -0.3 is 15.3 Å². The lowest BCUT2D eigenvalue weighted by atomic mass is 10.0. The molecule has 27 heavy (non-hydrogen) atoms. The number of pyridine rings is 1. The van der Waals surface area contributed by atoms with Gasteiger partial charge in [-0.25, -0.2) is 0 Å². The molecule has 2 aromatic rings. The molecule has 0 unspecified atom stereocenters. The number of carbonyl (C=O) groups excluding carboxylic acids is 2. The smallest absolute Gasteiger partial charge is 0.252 e. The van der Waals surface area contributed by atoms with Crippen molar-refractivity contribution in [2.45, 2.75) is 25.0 Å². The average Bonchev–Trinajstić information content (AvgIpc) is 3.22. The first-order chi connectivity index (χ1) is 13.0. The van der Waals surface area contributed by atoms with Gasteiger partial charge in [0.2, 0.25) is 5.91 Å². The second-order valence-electron chi connectivity index (χ2n) is 6.34. The van der Waals surface area contributed by atoms with Crippen molar-refractivity contribution in [2.75, 3.05) is 13.1 Å². The number of aliphatic hydroxyl groups is 1. The van der Waals surface area contributed by atoms with Gasteiger partial charge in [0.25, 0.3) is 5.91 Å². The predicted molar refractivity (Wildman–Crippen MR) is 103 cm³/mol. The summed E-state index contributed by atoms with van der Waals surface area (Å²) < 4.78 is 0. The van der Waals surface area contributed by atoms with E-state index in [1.807, 2.05) is 0 Å². The average molecular weight is 408 g/mol. The molecule has 2 N–H and O–H groups in total. The van der Waals surface area contributed by atoms with Crippen LogP contribution in [0.1, 0.15) is 34.9 Å². The van der Waals surface area contributed by atoms with Crippen LogP contribution in [0.15, 0.2) is 42.7 Å². The quantitative estimate of drug-likeness (QED) is 0.797. The summed E-state index contributed by atoms with van der Waals surface area (Å²) >= 11 is 11.9.